The van der Waals surface area contributed by atoms with E-state index in [2.05, 4.69) is 38.0 Å². The Morgan fingerprint density at radius 2 is 2.38 bits per heavy atom. The molecule has 0 aromatic carbocycles. The van der Waals surface area contributed by atoms with Gasteiger partial charge in [-0.1, -0.05) is 0 Å². The fourth-order valence-corrected chi connectivity index (χ4v) is 3.99. The lowest BCUT2D eigenvalue weighted by Gasteiger charge is -2.27. The molecule has 2 unspecified atom stereocenters. The largest absolute Gasteiger partial charge is 0.350 e. The average molecular weight is 233 g/mol. The Kier molecular flexibility index (Phi) is 1.71. The van der Waals surface area contributed by atoms with Crippen molar-refractivity contribution in [1.29, 1.82) is 0 Å². The SMILES string of the molecule is c1cc2nncn2nc1N1CC2CC1CS2. The highest BCUT2D eigenvalue weighted by Crippen LogP contribution is 2.39. The summed E-state index contributed by atoms with van der Waals surface area (Å²) in [5, 5.41) is 13.2. The maximum absolute atomic E-state index is 4.54. The number of aromatic nitrogens is 4. The van der Waals surface area contributed by atoms with Crippen LogP contribution in [0.2, 0.25) is 0 Å². The molecule has 2 aromatic heterocycles. The summed E-state index contributed by atoms with van der Waals surface area (Å²) >= 11 is 2.09. The first-order valence-electron chi connectivity index (χ1n) is 5.45. The van der Waals surface area contributed by atoms with Crippen LogP contribution in [0.3, 0.4) is 0 Å². The van der Waals surface area contributed by atoms with E-state index in [4.69, 9.17) is 0 Å². The highest BCUT2D eigenvalue weighted by atomic mass is 32.2. The van der Waals surface area contributed by atoms with Gasteiger partial charge in [0, 0.05) is 23.6 Å². The summed E-state index contributed by atoms with van der Waals surface area (Å²) in [6.07, 6.45) is 2.97. The van der Waals surface area contributed by atoms with Crippen molar-refractivity contribution in [2.24, 2.45) is 0 Å². The maximum atomic E-state index is 4.54. The van der Waals surface area contributed by atoms with Gasteiger partial charge in [-0.3, -0.25) is 0 Å². The molecule has 16 heavy (non-hydrogen) atoms. The van der Waals surface area contributed by atoms with Crippen LogP contribution >= 0.6 is 11.8 Å². The minimum atomic E-state index is 0.677. The van der Waals surface area contributed by atoms with Crippen LogP contribution in [0.15, 0.2) is 18.5 Å². The first kappa shape index (κ1) is 8.81. The van der Waals surface area contributed by atoms with Crippen LogP contribution in [0.5, 0.6) is 0 Å². The van der Waals surface area contributed by atoms with Gasteiger partial charge in [-0.2, -0.15) is 16.3 Å². The third-order valence-electron chi connectivity index (χ3n) is 3.34. The molecule has 0 amide bonds. The van der Waals surface area contributed by atoms with Crippen LogP contribution < -0.4 is 4.90 Å². The lowest BCUT2D eigenvalue weighted by Crippen LogP contribution is -2.34. The lowest BCUT2D eigenvalue weighted by molar-refractivity contribution is 0.736. The van der Waals surface area contributed by atoms with Crippen molar-refractivity contribution in [3.63, 3.8) is 0 Å². The van der Waals surface area contributed by atoms with Crippen molar-refractivity contribution in [2.45, 2.75) is 17.7 Å². The first-order chi connectivity index (χ1) is 7.90. The van der Waals surface area contributed by atoms with Crippen LogP contribution in [0, 0.1) is 0 Å². The number of rotatable bonds is 1. The molecule has 2 aromatic rings. The second-order valence-corrected chi connectivity index (χ2v) is 5.66. The third kappa shape index (κ3) is 1.16. The molecule has 0 saturated carbocycles. The number of anilines is 1. The van der Waals surface area contributed by atoms with Crippen molar-refractivity contribution in [3.8, 4) is 0 Å². The van der Waals surface area contributed by atoms with Crippen LogP contribution in [0.25, 0.3) is 5.65 Å². The van der Waals surface area contributed by atoms with Crippen LogP contribution in [0.4, 0.5) is 5.82 Å². The quantitative estimate of drug-likeness (QED) is 0.729. The zero-order chi connectivity index (χ0) is 10.5. The molecule has 2 aliphatic heterocycles. The molecule has 4 rings (SSSR count). The molecular weight excluding hydrogens is 222 g/mol. The van der Waals surface area contributed by atoms with E-state index in [9.17, 15) is 0 Å². The standard InChI is InChI=1S/C10H11N5S/c1-2-10(13-15-6-11-12-9(1)15)14-4-8-3-7(14)5-16-8/h1-2,6-8H,3-5H2. The number of hydrogen-bond donors (Lipinski definition) is 0. The van der Waals surface area contributed by atoms with E-state index in [-0.39, 0.29) is 0 Å². The Morgan fingerprint density at radius 3 is 3.19 bits per heavy atom. The zero-order valence-corrected chi connectivity index (χ0v) is 9.47. The molecule has 6 heteroatoms. The molecule has 0 radical (unpaired) electrons. The van der Waals surface area contributed by atoms with E-state index in [1.807, 2.05) is 6.07 Å². The molecule has 0 spiro atoms. The molecule has 82 valence electrons. The molecule has 2 atom stereocenters. The summed E-state index contributed by atoms with van der Waals surface area (Å²) in [6, 6.07) is 4.71. The van der Waals surface area contributed by atoms with E-state index >= 15 is 0 Å². The molecule has 5 nitrogen and oxygen atoms in total. The normalized spacial score (nSPS) is 28.1. The monoisotopic (exact) mass is 233 g/mol. The Balaban J connectivity index is 1.76. The van der Waals surface area contributed by atoms with Gasteiger partial charge in [0.15, 0.2) is 5.65 Å². The minimum Gasteiger partial charge on any atom is -0.350 e. The summed E-state index contributed by atoms with van der Waals surface area (Å²) in [4.78, 5) is 2.42. The molecule has 0 N–H and O–H groups in total. The van der Waals surface area contributed by atoms with E-state index in [0.717, 1.165) is 23.3 Å². The van der Waals surface area contributed by atoms with Gasteiger partial charge < -0.3 is 4.90 Å². The average Bonchev–Trinajstić information content (AvgIpc) is 3.03. The molecule has 2 bridgehead atoms. The molecule has 0 aliphatic carbocycles. The summed E-state index contributed by atoms with van der Waals surface area (Å²) < 4.78 is 1.74. The zero-order valence-electron chi connectivity index (χ0n) is 8.65. The van der Waals surface area contributed by atoms with E-state index in [1.54, 1.807) is 10.8 Å². The third-order valence-corrected chi connectivity index (χ3v) is 4.73. The Morgan fingerprint density at radius 1 is 1.38 bits per heavy atom. The summed E-state index contributed by atoms with van der Waals surface area (Å²) in [7, 11) is 0. The fourth-order valence-electron chi connectivity index (χ4n) is 2.55. The van der Waals surface area contributed by atoms with Gasteiger partial charge in [-0.25, -0.2) is 0 Å². The molecular formula is C10H11N5S. The first-order valence-corrected chi connectivity index (χ1v) is 6.50. The highest BCUT2D eigenvalue weighted by Gasteiger charge is 2.39. The summed E-state index contributed by atoms with van der Waals surface area (Å²) in [6.45, 7) is 1.13. The van der Waals surface area contributed by atoms with Crippen molar-refractivity contribution >= 4 is 23.2 Å². The number of hydrogen-bond acceptors (Lipinski definition) is 5. The van der Waals surface area contributed by atoms with Gasteiger partial charge in [0.25, 0.3) is 0 Å². The maximum Gasteiger partial charge on any atom is 0.177 e. The number of thioether (sulfide) groups is 1. The predicted molar refractivity (Wildman–Crippen MR) is 62.8 cm³/mol. The van der Waals surface area contributed by atoms with Gasteiger partial charge in [0.1, 0.15) is 12.1 Å². The van der Waals surface area contributed by atoms with Crippen molar-refractivity contribution in [2.75, 3.05) is 17.2 Å². The second-order valence-electron chi connectivity index (χ2n) is 4.32. The van der Waals surface area contributed by atoms with Gasteiger partial charge in [-0.05, 0) is 18.6 Å². The second kappa shape index (κ2) is 3.10. The van der Waals surface area contributed by atoms with Gasteiger partial charge in [-0.15, -0.1) is 15.3 Å². The van der Waals surface area contributed by atoms with Gasteiger partial charge in [0.05, 0.1) is 0 Å². The fraction of sp³-hybridized carbons (Fsp3) is 0.500. The van der Waals surface area contributed by atoms with Crippen molar-refractivity contribution < 1.29 is 0 Å². The van der Waals surface area contributed by atoms with Gasteiger partial charge in [0.2, 0.25) is 0 Å². The summed E-state index contributed by atoms with van der Waals surface area (Å²) in [5.74, 6) is 2.30. The van der Waals surface area contributed by atoms with Crippen LogP contribution in [-0.4, -0.2) is 43.4 Å². The summed E-state index contributed by atoms with van der Waals surface area (Å²) in [5.41, 5.74) is 0.808. The Labute approximate surface area is 96.8 Å². The predicted octanol–water partition coefficient (Wildman–Crippen LogP) is 0.818. The highest BCUT2D eigenvalue weighted by molar-refractivity contribution is 8.00. The van der Waals surface area contributed by atoms with Crippen molar-refractivity contribution in [3.05, 3.63) is 18.5 Å². The van der Waals surface area contributed by atoms with Crippen LogP contribution in [0.1, 0.15) is 6.42 Å². The topological polar surface area (TPSA) is 46.3 Å². The molecule has 2 fully saturated rings. The Hall–Kier alpha value is -1.30. The van der Waals surface area contributed by atoms with Crippen LogP contribution in [-0.2, 0) is 0 Å². The van der Waals surface area contributed by atoms with Crippen molar-refractivity contribution in [1.82, 2.24) is 19.8 Å². The smallest absolute Gasteiger partial charge is 0.177 e. The number of fused-ring (bicyclic) bond motifs is 3. The number of nitrogens with zero attached hydrogens (tertiary/aromatic N) is 5. The van der Waals surface area contributed by atoms with E-state index in [1.165, 1.54) is 12.2 Å². The molecule has 2 aliphatic rings. The minimum absolute atomic E-state index is 0.677. The molecule has 4 heterocycles. The Bertz CT molecular complexity index is 539. The van der Waals surface area contributed by atoms with E-state index < -0.39 is 0 Å². The van der Waals surface area contributed by atoms with Gasteiger partial charge >= 0.3 is 0 Å². The molecule has 2 saturated heterocycles. The lowest BCUT2D eigenvalue weighted by atomic mass is 10.2. The van der Waals surface area contributed by atoms with E-state index in [0.29, 0.717) is 6.04 Å².